The van der Waals surface area contributed by atoms with Crippen molar-refractivity contribution in [2.24, 2.45) is 0 Å². The quantitative estimate of drug-likeness (QED) is 0.686. The van der Waals surface area contributed by atoms with E-state index >= 15 is 0 Å². The molecule has 0 aliphatic carbocycles. The van der Waals surface area contributed by atoms with E-state index in [-0.39, 0.29) is 22.9 Å². The zero-order valence-corrected chi connectivity index (χ0v) is 14.6. The number of nitriles is 1. The molecular weight excluding hydrogens is 348 g/mol. The fourth-order valence-electron chi connectivity index (χ4n) is 2.59. The number of carbonyl (C=O) groups is 2. The molecule has 0 unspecified atom stereocenters. The topological polar surface area (TPSA) is 123 Å². The van der Waals surface area contributed by atoms with Gasteiger partial charge in [0.2, 0.25) is 0 Å². The molecular formula is C19H16N4O4. The lowest BCUT2D eigenvalue weighted by atomic mass is 10.2. The van der Waals surface area contributed by atoms with E-state index in [4.69, 9.17) is 20.1 Å². The van der Waals surface area contributed by atoms with Gasteiger partial charge in [-0.1, -0.05) is 0 Å². The minimum absolute atomic E-state index is 0.0528. The van der Waals surface area contributed by atoms with E-state index in [0.717, 1.165) is 0 Å². The van der Waals surface area contributed by atoms with Crippen molar-refractivity contribution >= 4 is 23.3 Å². The molecule has 0 spiro atoms. The van der Waals surface area contributed by atoms with Gasteiger partial charge in [-0.2, -0.15) is 5.26 Å². The summed E-state index contributed by atoms with van der Waals surface area (Å²) in [6.45, 7) is 1.75. The average Bonchev–Trinajstić information content (AvgIpc) is 3.25. The number of anilines is 2. The van der Waals surface area contributed by atoms with Crippen LogP contribution in [0.25, 0.3) is 5.69 Å². The van der Waals surface area contributed by atoms with Gasteiger partial charge in [0.05, 0.1) is 23.9 Å². The van der Waals surface area contributed by atoms with Gasteiger partial charge in [0, 0.05) is 17.6 Å². The molecule has 0 atom stereocenters. The van der Waals surface area contributed by atoms with Gasteiger partial charge in [0.1, 0.15) is 18.1 Å². The number of hydrogen-bond acceptors (Lipinski definition) is 6. The molecule has 0 saturated heterocycles. The van der Waals surface area contributed by atoms with Crippen LogP contribution < -0.4 is 11.1 Å². The summed E-state index contributed by atoms with van der Waals surface area (Å²) < 4.78 is 11.4. The number of rotatable bonds is 4. The summed E-state index contributed by atoms with van der Waals surface area (Å²) in [4.78, 5) is 24.2. The maximum atomic E-state index is 12.2. The van der Waals surface area contributed by atoms with E-state index in [1.54, 1.807) is 37.3 Å². The number of nitrogens with zero attached hydrogens (tertiary/aromatic N) is 2. The van der Waals surface area contributed by atoms with Crippen LogP contribution in [0.2, 0.25) is 0 Å². The fourth-order valence-corrected chi connectivity index (χ4v) is 2.59. The van der Waals surface area contributed by atoms with Gasteiger partial charge in [-0.25, -0.2) is 4.79 Å². The van der Waals surface area contributed by atoms with Crippen LogP contribution in [0, 0.1) is 18.3 Å². The van der Waals surface area contributed by atoms with Crippen molar-refractivity contribution in [1.29, 1.82) is 5.26 Å². The third kappa shape index (κ3) is 3.39. The Morgan fingerprint density at radius 3 is 2.56 bits per heavy atom. The Morgan fingerprint density at radius 2 is 2.00 bits per heavy atom. The maximum Gasteiger partial charge on any atom is 0.357 e. The first kappa shape index (κ1) is 17.8. The molecule has 0 fully saturated rings. The first-order valence-corrected chi connectivity index (χ1v) is 7.90. The van der Waals surface area contributed by atoms with E-state index in [0.29, 0.717) is 22.7 Å². The Bertz CT molecular complexity index is 1050. The maximum absolute atomic E-state index is 12.2. The lowest BCUT2D eigenvalue weighted by Crippen LogP contribution is -2.12. The SMILES string of the molecule is COC(=O)c1c(N)c(C#N)cn1-c1ccc(NC(=O)c2coc(C)c2)cc1. The van der Waals surface area contributed by atoms with Crippen molar-refractivity contribution in [2.45, 2.75) is 6.92 Å². The van der Waals surface area contributed by atoms with E-state index < -0.39 is 5.97 Å². The number of aryl methyl sites for hydroxylation is 1. The molecule has 8 nitrogen and oxygen atoms in total. The van der Waals surface area contributed by atoms with Gasteiger partial charge in [0.15, 0.2) is 5.69 Å². The summed E-state index contributed by atoms with van der Waals surface area (Å²) in [7, 11) is 1.24. The average molecular weight is 364 g/mol. The number of benzene rings is 1. The normalized spacial score (nSPS) is 10.3. The smallest absolute Gasteiger partial charge is 0.357 e. The predicted octanol–water partition coefficient (Wildman–Crippen LogP) is 2.87. The Kier molecular flexibility index (Phi) is 4.68. The van der Waals surface area contributed by atoms with E-state index in [1.807, 2.05) is 6.07 Å². The van der Waals surface area contributed by atoms with Gasteiger partial charge in [0.25, 0.3) is 5.91 Å². The highest BCUT2D eigenvalue weighted by Gasteiger charge is 2.21. The van der Waals surface area contributed by atoms with Crippen LogP contribution in [0.4, 0.5) is 11.4 Å². The number of hydrogen-bond donors (Lipinski definition) is 2. The number of nitrogens with one attached hydrogen (secondary N) is 1. The molecule has 0 aliphatic heterocycles. The molecule has 2 heterocycles. The number of ether oxygens (including phenoxy) is 1. The third-order valence-corrected chi connectivity index (χ3v) is 3.94. The first-order valence-electron chi connectivity index (χ1n) is 7.90. The molecule has 0 bridgehead atoms. The Balaban J connectivity index is 1.89. The van der Waals surface area contributed by atoms with Crippen LogP contribution in [0.5, 0.6) is 0 Å². The highest BCUT2D eigenvalue weighted by Crippen LogP contribution is 2.25. The molecule has 1 aromatic carbocycles. The molecule has 8 heteroatoms. The second-order valence-corrected chi connectivity index (χ2v) is 5.73. The summed E-state index contributed by atoms with van der Waals surface area (Å²) in [6, 6.07) is 10.3. The zero-order valence-electron chi connectivity index (χ0n) is 14.6. The summed E-state index contributed by atoms with van der Waals surface area (Å²) >= 11 is 0. The lowest BCUT2D eigenvalue weighted by Gasteiger charge is -2.10. The summed E-state index contributed by atoms with van der Waals surface area (Å²) in [5.41, 5.74) is 7.73. The minimum Gasteiger partial charge on any atom is -0.469 e. The molecule has 0 radical (unpaired) electrons. The van der Waals surface area contributed by atoms with Crippen molar-refractivity contribution in [3.05, 3.63) is 65.4 Å². The Labute approximate surface area is 154 Å². The fraction of sp³-hybridized carbons (Fsp3) is 0.105. The van der Waals surface area contributed by atoms with Gasteiger partial charge in [-0.3, -0.25) is 4.79 Å². The van der Waals surface area contributed by atoms with E-state index in [9.17, 15) is 9.59 Å². The third-order valence-electron chi connectivity index (χ3n) is 3.94. The van der Waals surface area contributed by atoms with Crippen LogP contribution in [-0.2, 0) is 4.74 Å². The minimum atomic E-state index is -0.651. The van der Waals surface area contributed by atoms with Crippen LogP contribution in [0.3, 0.4) is 0 Å². The van der Waals surface area contributed by atoms with Gasteiger partial charge in [-0.15, -0.1) is 0 Å². The first-order chi connectivity index (χ1) is 12.9. The van der Waals surface area contributed by atoms with Crippen LogP contribution in [0.1, 0.15) is 32.2 Å². The number of nitrogens with two attached hydrogens (primary N) is 1. The highest BCUT2D eigenvalue weighted by molar-refractivity contribution is 6.04. The van der Waals surface area contributed by atoms with Crippen molar-refractivity contribution in [3.63, 3.8) is 0 Å². The number of aromatic nitrogens is 1. The highest BCUT2D eigenvalue weighted by atomic mass is 16.5. The van der Waals surface area contributed by atoms with Crippen molar-refractivity contribution in [3.8, 4) is 11.8 Å². The van der Waals surface area contributed by atoms with Crippen molar-refractivity contribution < 1.29 is 18.7 Å². The molecule has 0 saturated carbocycles. The molecule has 136 valence electrons. The predicted molar refractivity (Wildman–Crippen MR) is 97.6 cm³/mol. The number of amides is 1. The van der Waals surface area contributed by atoms with Crippen LogP contribution in [0.15, 0.2) is 47.2 Å². The van der Waals surface area contributed by atoms with E-state index in [2.05, 4.69) is 5.32 Å². The summed E-state index contributed by atoms with van der Waals surface area (Å²) in [6.07, 6.45) is 2.84. The van der Waals surface area contributed by atoms with Crippen LogP contribution in [-0.4, -0.2) is 23.6 Å². The van der Waals surface area contributed by atoms with Crippen LogP contribution >= 0.6 is 0 Å². The molecule has 2 aromatic heterocycles. The molecule has 3 rings (SSSR count). The lowest BCUT2D eigenvalue weighted by molar-refractivity contribution is 0.0593. The molecule has 1 amide bonds. The second-order valence-electron chi connectivity index (χ2n) is 5.73. The monoisotopic (exact) mass is 364 g/mol. The van der Waals surface area contributed by atoms with E-state index in [1.165, 1.54) is 24.1 Å². The Hall–Kier alpha value is -3.99. The molecule has 0 aliphatic rings. The number of carbonyl (C=O) groups excluding carboxylic acids is 2. The second kappa shape index (κ2) is 7.09. The zero-order chi connectivity index (χ0) is 19.6. The summed E-state index contributed by atoms with van der Waals surface area (Å²) in [5, 5.41) is 11.9. The summed E-state index contributed by atoms with van der Waals surface area (Å²) in [5.74, 6) is -0.308. The molecule has 27 heavy (non-hydrogen) atoms. The number of esters is 1. The standard InChI is InChI=1S/C19H16N4O4/c1-11-7-12(10-27-11)18(24)22-14-3-5-15(6-4-14)23-9-13(8-20)16(21)17(23)19(25)26-2/h3-7,9-10H,21H2,1-2H3,(H,22,24). The van der Waals surface area contributed by atoms with Gasteiger partial charge in [-0.05, 0) is 37.3 Å². The molecule has 3 aromatic rings. The number of nitrogen functional groups attached to an aromatic ring is 1. The van der Waals surface area contributed by atoms with Crippen molar-refractivity contribution in [2.75, 3.05) is 18.2 Å². The van der Waals surface area contributed by atoms with Crippen molar-refractivity contribution in [1.82, 2.24) is 4.57 Å². The Morgan fingerprint density at radius 1 is 1.30 bits per heavy atom. The number of furan rings is 1. The largest absolute Gasteiger partial charge is 0.469 e. The van der Waals surface area contributed by atoms with Gasteiger partial charge < -0.3 is 24.8 Å². The molecule has 3 N–H and O–H groups in total. The number of methoxy groups -OCH3 is 1. The van der Waals surface area contributed by atoms with Gasteiger partial charge >= 0.3 is 5.97 Å².